The van der Waals surface area contributed by atoms with E-state index in [0.29, 0.717) is 46.6 Å². The predicted octanol–water partition coefficient (Wildman–Crippen LogP) is 1.16. The monoisotopic (exact) mass is 477 g/mol. The maximum Gasteiger partial charge on any atom is 0.269 e. The molecule has 0 aliphatic carbocycles. The van der Waals surface area contributed by atoms with Crippen molar-refractivity contribution in [1.29, 1.82) is 0 Å². The summed E-state index contributed by atoms with van der Waals surface area (Å²) < 4.78 is 1.46. The van der Waals surface area contributed by atoms with Crippen molar-refractivity contribution in [3.63, 3.8) is 0 Å². The number of aromatic nitrogens is 4. The Morgan fingerprint density at radius 3 is 2.46 bits per heavy atom. The Kier molecular flexibility index (Phi) is 5.72. The molecule has 2 amide bonds. The summed E-state index contributed by atoms with van der Waals surface area (Å²) in [5, 5.41) is 16.3. The van der Waals surface area contributed by atoms with Gasteiger partial charge in [-0.25, -0.2) is 4.98 Å². The highest BCUT2D eigenvalue weighted by molar-refractivity contribution is 6.00. The van der Waals surface area contributed by atoms with Gasteiger partial charge in [0.15, 0.2) is 11.4 Å². The van der Waals surface area contributed by atoms with Crippen molar-refractivity contribution in [3.05, 3.63) is 41.5 Å². The fraction of sp³-hybridized carbons (Fsp3) is 0.417. The van der Waals surface area contributed by atoms with Gasteiger partial charge < -0.3 is 21.1 Å². The summed E-state index contributed by atoms with van der Waals surface area (Å²) in [4.78, 5) is 47.7. The molecule has 0 aromatic carbocycles. The van der Waals surface area contributed by atoms with E-state index in [-0.39, 0.29) is 41.4 Å². The van der Waals surface area contributed by atoms with Crippen LogP contribution in [0.25, 0.3) is 16.8 Å². The van der Waals surface area contributed by atoms with Crippen LogP contribution in [0.4, 0.5) is 5.82 Å². The van der Waals surface area contributed by atoms with E-state index in [1.165, 1.54) is 11.4 Å². The lowest BCUT2D eigenvalue weighted by Gasteiger charge is -2.39. The van der Waals surface area contributed by atoms with Gasteiger partial charge in [-0.2, -0.15) is 9.61 Å². The number of rotatable bonds is 5. The van der Waals surface area contributed by atoms with Crippen LogP contribution in [-0.2, 0) is 4.79 Å². The van der Waals surface area contributed by atoms with E-state index in [1.54, 1.807) is 36.5 Å². The Morgan fingerprint density at radius 2 is 1.89 bits per heavy atom. The molecule has 182 valence electrons. The number of nitrogens with two attached hydrogens (primary N) is 1. The first-order chi connectivity index (χ1) is 16.8. The van der Waals surface area contributed by atoms with Gasteiger partial charge in [0.25, 0.3) is 5.91 Å². The number of aliphatic hydroxyl groups is 1. The Balaban J connectivity index is 1.58. The van der Waals surface area contributed by atoms with Crippen molar-refractivity contribution in [2.24, 2.45) is 0 Å². The molecule has 5 heterocycles. The summed E-state index contributed by atoms with van der Waals surface area (Å²) in [6.07, 6.45) is 6.23. The van der Waals surface area contributed by atoms with Gasteiger partial charge in [0, 0.05) is 42.4 Å². The largest absolute Gasteiger partial charge is 0.387 e. The Morgan fingerprint density at radius 1 is 1.17 bits per heavy atom. The molecule has 2 aliphatic rings. The van der Waals surface area contributed by atoms with E-state index < -0.39 is 6.61 Å². The van der Waals surface area contributed by atoms with Crippen LogP contribution < -0.4 is 11.1 Å². The number of Topliss-reactive ketones (excluding diaryl/α,β-unsaturated/α-hetero) is 1. The normalized spacial score (nSPS) is 21.3. The van der Waals surface area contributed by atoms with Crippen LogP contribution >= 0.6 is 0 Å². The maximum absolute atomic E-state index is 12.7. The van der Waals surface area contributed by atoms with Gasteiger partial charge in [0.2, 0.25) is 5.91 Å². The number of carbonyl (C=O) groups is 3. The average Bonchev–Trinajstić information content (AvgIpc) is 3.41. The number of fused-ring (bicyclic) bond motifs is 3. The van der Waals surface area contributed by atoms with E-state index in [2.05, 4.69) is 15.4 Å². The van der Waals surface area contributed by atoms with Crippen LogP contribution in [0.1, 0.15) is 65.1 Å². The van der Waals surface area contributed by atoms with E-state index in [1.807, 2.05) is 0 Å². The minimum absolute atomic E-state index is 0.00305. The second-order valence-corrected chi connectivity index (χ2v) is 9.13. The summed E-state index contributed by atoms with van der Waals surface area (Å²) >= 11 is 0. The number of carbonyl (C=O) groups excluding carboxylic acids is 3. The van der Waals surface area contributed by atoms with Gasteiger partial charge in [-0.15, -0.1) is 0 Å². The molecule has 2 aliphatic heterocycles. The molecule has 0 unspecified atom stereocenters. The highest BCUT2D eigenvalue weighted by atomic mass is 16.3. The van der Waals surface area contributed by atoms with Crippen LogP contribution in [-0.4, -0.2) is 72.9 Å². The molecule has 2 saturated heterocycles. The third kappa shape index (κ3) is 3.72. The lowest BCUT2D eigenvalue weighted by atomic mass is 9.85. The van der Waals surface area contributed by atoms with Crippen LogP contribution in [0.2, 0.25) is 0 Å². The lowest BCUT2D eigenvalue weighted by Crippen LogP contribution is -2.47. The molecule has 5 rings (SSSR count). The Labute approximate surface area is 201 Å². The van der Waals surface area contributed by atoms with Gasteiger partial charge in [-0.1, -0.05) is 6.07 Å². The van der Waals surface area contributed by atoms with E-state index in [9.17, 15) is 19.5 Å². The number of hydrogen-bond donors (Lipinski definition) is 3. The lowest BCUT2D eigenvalue weighted by molar-refractivity contribution is -0.138. The minimum atomic E-state index is -0.501. The second kappa shape index (κ2) is 8.73. The Hall–Kier alpha value is -3.86. The first-order valence-corrected chi connectivity index (χ1v) is 11.6. The molecule has 11 heteroatoms. The summed E-state index contributed by atoms with van der Waals surface area (Å²) in [6.45, 7) is 0.965. The zero-order valence-corrected chi connectivity index (χ0v) is 19.6. The third-order valence-corrected chi connectivity index (χ3v) is 7.14. The molecule has 3 aromatic rings. The molecule has 11 nitrogen and oxygen atoms in total. The fourth-order valence-electron chi connectivity index (χ4n) is 5.60. The van der Waals surface area contributed by atoms with Crippen molar-refractivity contribution in [3.8, 4) is 11.1 Å². The molecular weight excluding hydrogens is 450 g/mol. The molecule has 3 aromatic heterocycles. The van der Waals surface area contributed by atoms with Crippen molar-refractivity contribution in [2.75, 3.05) is 19.4 Å². The topological polar surface area (TPSA) is 156 Å². The number of nitrogen functional groups attached to an aromatic ring is 1. The smallest absolute Gasteiger partial charge is 0.269 e. The summed E-state index contributed by atoms with van der Waals surface area (Å²) in [7, 11) is 1.54. The van der Waals surface area contributed by atoms with Crippen LogP contribution in [0.3, 0.4) is 0 Å². The SMILES string of the molecule is CNC(=O)c1ccc(-c2cnn3c(N)c(C(C)=O)c([C@@H]4C[C@H]5CC[C@@H](C4)N5C(=O)CO)nc23)cn1. The van der Waals surface area contributed by atoms with Crippen molar-refractivity contribution in [2.45, 2.75) is 50.6 Å². The number of nitrogens with one attached hydrogen (secondary N) is 1. The van der Waals surface area contributed by atoms with Gasteiger partial charge in [0.05, 0.1) is 17.5 Å². The first kappa shape index (κ1) is 22.9. The molecule has 2 fully saturated rings. The van der Waals surface area contributed by atoms with Gasteiger partial charge in [0.1, 0.15) is 18.1 Å². The number of ketones is 1. The highest BCUT2D eigenvalue weighted by Crippen LogP contribution is 2.44. The van der Waals surface area contributed by atoms with Crippen LogP contribution in [0, 0.1) is 0 Å². The zero-order chi connectivity index (χ0) is 24.9. The average molecular weight is 478 g/mol. The van der Waals surface area contributed by atoms with E-state index >= 15 is 0 Å². The highest BCUT2D eigenvalue weighted by Gasteiger charge is 2.44. The zero-order valence-electron chi connectivity index (χ0n) is 19.6. The van der Waals surface area contributed by atoms with Crippen LogP contribution in [0.5, 0.6) is 0 Å². The quantitative estimate of drug-likeness (QED) is 0.462. The van der Waals surface area contributed by atoms with Crippen molar-refractivity contribution in [1.82, 2.24) is 29.8 Å². The first-order valence-electron chi connectivity index (χ1n) is 11.6. The molecule has 3 atom stereocenters. The van der Waals surface area contributed by atoms with E-state index in [4.69, 9.17) is 10.7 Å². The van der Waals surface area contributed by atoms with Gasteiger partial charge in [-0.05, 0) is 38.7 Å². The fourth-order valence-corrected chi connectivity index (χ4v) is 5.60. The molecule has 0 radical (unpaired) electrons. The molecule has 0 spiro atoms. The van der Waals surface area contributed by atoms with Crippen molar-refractivity contribution < 1.29 is 19.5 Å². The second-order valence-electron chi connectivity index (χ2n) is 9.13. The number of pyridine rings is 1. The summed E-state index contributed by atoms with van der Waals surface area (Å²) in [5.74, 6) is -0.566. The Bertz CT molecular complexity index is 1320. The van der Waals surface area contributed by atoms with Gasteiger partial charge in [-0.3, -0.25) is 19.4 Å². The molecule has 35 heavy (non-hydrogen) atoms. The molecule has 0 saturated carbocycles. The molecule has 2 bridgehead atoms. The number of piperidine rings is 1. The predicted molar refractivity (Wildman–Crippen MR) is 127 cm³/mol. The number of hydrogen-bond acceptors (Lipinski definition) is 8. The minimum Gasteiger partial charge on any atom is -0.387 e. The molecule has 4 N–H and O–H groups in total. The maximum atomic E-state index is 12.7. The number of aliphatic hydroxyl groups excluding tert-OH is 1. The standard InChI is InChI=1S/C24H27N7O4/c1-12(33)20-21(14-7-15-4-5-16(8-14)30(15)19(34)11-32)29-23-17(10-28-31(23)22(20)25)13-3-6-18(27-9-13)24(35)26-2/h3,6,9-10,14-16,32H,4-5,7-8,11,25H2,1-2H3,(H,26,35)/t14-,15-,16+. The number of nitrogens with zero attached hydrogens (tertiary/aromatic N) is 5. The van der Waals surface area contributed by atoms with Crippen molar-refractivity contribution >= 4 is 29.1 Å². The molecular formula is C24H27N7O4. The number of anilines is 1. The summed E-state index contributed by atoms with van der Waals surface area (Å²) in [6, 6.07) is 3.40. The number of amides is 2. The van der Waals surface area contributed by atoms with Crippen LogP contribution in [0.15, 0.2) is 24.5 Å². The van der Waals surface area contributed by atoms with E-state index in [0.717, 1.165) is 12.8 Å². The summed E-state index contributed by atoms with van der Waals surface area (Å²) in [5.41, 5.74) is 9.61. The van der Waals surface area contributed by atoms with Gasteiger partial charge >= 0.3 is 0 Å². The third-order valence-electron chi connectivity index (χ3n) is 7.14.